The van der Waals surface area contributed by atoms with Crippen LogP contribution in [0.25, 0.3) is 0 Å². The van der Waals surface area contributed by atoms with Crippen molar-refractivity contribution < 1.29 is 0 Å². The average Bonchev–Trinajstić information content (AvgIpc) is 2.45. The molecule has 1 aliphatic rings. The molecule has 1 saturated heterocycles. The van der Waals surface area contributed by atoms with E-state index in [2.05, 4.69) is 43.0 Å². The highest BCUT2D eigenvalue weighted by Crippen LogP contribution is 2.27. The van der Waals surface area contributed by atoms with Crippen LogP contribution in [-0.4, -0.2) is 11.5 Å². The fourth-order valence-corrected chi connectivity index (χ4v) is 4.13. The molecule has 18 heavy (non-hydrogen) atoms. The van der Waals surface area contributed by atoms with Gasteiger partial charge in [-0.1, -0.05) is 44.0 Å². The number of hydrogen-bond donors (Lipinski definition) is 0. The van der Waals surface area contributed by atoms with E-state index in [9.17, 15) is 0 Å². The van der Waals surface area contributed by atoms with Gasteiger partial charge < -0.3 is 0 Å². The quantitative estimate of drug-likeness (QED) is 0.642. The summed E-state index contributed by atoms with van der Waals surface area (Å²) in [5.41, 5.74) is 3.13. The molecule has 1 aromatic carbocycles. The summed E-state index contributed by atoms with van der Waals surface area (Å²) in [6.45, 7) is 2.26. The predicted octanol–water partition coefficient (Wildman–Crippen LogP) is 5.11. The fourth-order valence-electron chi connectivity index (χ4n) is 2.93. The Morgan fingerprint density at radius 2 is 1.78 bits per heavy atom. The Balaban J connectivity index is 1.68. The first-order chi connectivity index (χ1) is 8.90. The number of hydrogen-bond acceptors (Lipinski definition) is 1. The molecule has 0 atom stereocenters. The van der Waals surface area contributed by atoms with Crippen LogP contribution in [0.15, 0.2) is 24.3 Å². The van der Waals surface area contributed by atoms with Crippen molar-refractivity contribution in [2.45, 2.75) is 51.9 Å². The second kappa shape index (κ2) is 7.89. The van der Waals surface area contributed by atoms with Crippen LogP contribution in [0.2, 0.25) is 0 Å². The van der Waals surface area contributed by atoms with Crippen LogP contribution in [0.3, 0.4) is 0 Å². The minimum atomic E-state index is 1.03. The molecule has 0 bridgehead atoms. The molecule has 2 rings (SSSR count). The van der Waals surface area contributed by atoms with Crippen molar-refractivity contribution in [1.82, 2.24) is 0 Å². The van der Waals surface area contributed by atoms with Gasteiger partial charge in [-0.05, 0) is 60.7 Å². The Bertz CT molecular complexity index is 339. The van der Waals surface area contributed by atoms with Crippen molar-refractivity contribution in [2.75, 3.05) is 11.5 Å². The van der Waals surface area contributed by atoms with Crippen LogP contribution in [0, 0.1) is 5.92 Å². The van der Waals surface area contributed by atoms with E-state index in [1.165, 1.54) is 56.5 Å². The SMILES string of the molecule is CCc1ccccc1CCCCC1CCSCC1. The van der Waals surface area contributed by atoms with Crippen molar-refractivity contribution in [3.8, 4) is 0 Å². The lowest BCUT2D eigenvalue weighted by atomic mass is 9.94. The normalized spacial score (nSPS) is 16.9. The second-order valence-corrected chi connectivity index (χ2v) is 6.65. The molecule has 1 heterocycles. The third-order valence-electron chi connectivity index (χ3n) is 4.15. The van der Waals surface area contributed by atoms with E-state index in [0.717, 1.165) is 5.92 Å². The van der Waals surface area contributed by atoms with E-state index >= 15 is 0 Å². The molecule has 1 aromatic rings. The van der Waals surface area contributed by atoms with E-state index in [1.807, 2.05) is 0 Å². The second-order valence-electron chi connectivity index (χ2n) is 5.42. The van der Waals surface area contributed by atoms with Gasteiger partial charge in [0.05, 0.1) is 0 Å². The molecule has 0 N–H and O–H groups in total. The van der Waals surface area contributed by atoms with Crippen molar-refractivity contribution in [1.29, 1.82) is 0 Å². The Morgan fingerprint density at radius 1 is 1.06 bits per heavy atom. The Labute approximate surface area is 117 Å². The highest BCUT2D eigenvalue weighted by molar-refractivity contribution is 7.99. The summed E-state index contributed by atoms with van der Waals surface area (Å²) < 4.78 is 0. The summed E-state index contributed by atoms with van der Waals surface area (Å²) >= 11 is 2.14. The van der Waals surface area contributed by atoms with Crippen LogP contribution in [0.1, 0.15) is 50.2 Å². The van der Waals surface area contributed by atoms with Crippen LogP contribution in [0.4, 0.5) is 0 Å². The van der Waals surface area contributed by atoms with Crippen molar-refractivity contribution >= 4 is 11.8 Å². The van der Waals surface area contributed by atoms with Crippen LogP contribution < -0.4 is 0 Å². The molecule has 1 aliphatic heterocycles. The van der Waals surface area contributed by atoms with Gasteiger partial charge in [-0.25, -0.2) is 0 Å². The number of rotatable bonds is 6. The number of aryl methyl sites for hydroxylation is 2. The first kappa shape index (κ1) is 14.0. The van der Waals surface area contributed by atoms with Crippen molar-refractivity contribution in [2.24, 2.45) is 5.92 Å². The lowest BCUT2D eigenvalue weighted by molar-refractivity contribution is 0.432. The standard InChI is InChI=1S/C17H26S/c1-2-16-8-5-6-10-17(16)9-4-3-7-15-11-13-18-14-12-15/h5-6,8,10,15H,2-4,7,9,11-14H2,1H3. The van der Waals surface area contributed by atoms with E-state index in [1.54, 1.807) is 11.1 Å². The van der Waals surface area contributed by atoms with Gasteiger partial charge >= 0.3 is 0 Å². The summed E-state index contributed by atoms with van der Waals surface area (Å²) in [6.07, 6.45) is 9.66. The zero-order chi connectivity index (χ0) is 12.6. The lowest BCUT2D eigenvalue weighted by Crippen LogP contribution is -2.09. The molecule has 0 nitrogen and oxygen atoms in total. The number of benzene rings is 1. The average molecular weight is 262 g/mol. The lowest BCUT2D eigenvalue weighted by Gasteiger charge is -2.21. The van der Waals surface area contributed by atoms with Crippen molar-refractivity contribution in [3.63, 3.8) is 0 Å². The molecule has 0 saturated carbocycles. The molecule has 0 aromatic heterocycles. The van der Waals surface area contributed by atoms with E-state index in [4.69, 9.17) is 0 Å². The maximum Gasteiger partial charge on any atom is -0.00649 e. The summed E-state index contributed by atoms with van der Waals surface area (Å²) in [5.74, 6) is 3.85. The molecular weight excluding hydrogens is 236 g/mol. The number of unbranched alkanes of at least 4 members (excludes halogenated alkanes) is 1. The zero-order valence-corrected chi connectivity index (χ0v) is 12.5. The van der Waals surface area contributed by atoms with Crippen LogP contribution in [-0.2, 0) is 12.8 Å². The highest BCUT2D eigenvalue weighted by atomic mass is 32.2. The van der Waals surface area contributed by atoms with Crippen LogP contribution in [0.5, 0.6) is 0 Å². The van der Waals surface area contributed by atoms with E-state index < -0.39 is 0 Å². The zero-order valence-electron chi connectivity index (χ0n) is 11.7. The Hall–Kier alpha value is -0.430. The minimum absolute atomic E-state index is 1.03. The maximum atomic E-state index is 2.32. The molecule has 0 spiro atoms. The fraction of sp³-hybridized carbons (Fsp3) is 0.647. The summed E-state index contributed by atoms with van der Waals surface area (Å²) in [7, 11) is 0. The monoisotopic (exact) mass is 262 g/mol. The van der Waals surface area contributed by atoms with Gasteiger partial charge in [-0.2, -0.15) is 11.8 Å². The largest absolute Gasteiger partial charge is 0.162 e. The van der Waals surface area contributed by atoms with Gasteiger partial charge in [0.15, 0.2) is 0 Å². The predicted molar refractivity (Wildman–Crippen MR) is 83.4 cm³/mol. The first-order valence-electron chi connectivity index (χ1n) is 7.54. The third kappa shape index (κ3) is 4.35. The Kier molecular flexibility index (Phi) is 6.13. The first-order valence-corrected chi connectivity index (χ1v) is 8.70. The molecule has 1 fully saturated rings. The topological polar surface area (TPSA) is 0 Å². The maximum absolute atomic E-state index is 2.32. The molecule has 100 valence electrons. The molecule has 1 heteroatoms. The third-order valence-corrected chi connectivity index (χ3v) is 5.20. The van der Waals surface area contributed by atoms with Gasteiger partial charge in [-0.3, -0.25) is 0 Å². The van der Waals surface area contributed by atoms with Gasteiger partial charge in [-0.15, -0.1) is 0 Å². The van der Waals surface area contributed by atoms with E-state index in [0.29, 0.717) is 0 Å². The molecule has 0 unspecified atom stereocenters. The highest BCUT2D eigenvalue weighted by Gasteiger charge is 2.12. The molecule has 0 radical (unpaired) electrons. The molecular formula is C17H26S. The van der Waals surface area contributed by atoms with E-state index in [-0.39, 0.29) is 0 Å². The molecule has 0 amide bonds. The number of thioether (sulfide) groups is 1. The van der Waals surface area contributed by atoms with Gasteiger partial charge in [0.1, 0.15) is 0 Å². The minimum Gasteiger partial charge on any atom is -0.162 e. The summed E-state index contributed by atoms with van der Waals surface area (Å²) in [5, 5.41) is 0. The van der Waals surface area contributed by atoms with Gasteiger partial charge in [0.25, 0.3) is 0 Å². The summed E-state index contributed by atoms with van der Waals surface area (Å²) in [4.78, 5) is 0. The Morgan fingerprint density at radius 3 is 2.50 bits per heavy atom. The van der Waals surface area contributed by atoms with Crippen LogP contribution >= 0.6 is 11.8 Å². The van der Waals surface area contributed by atoms with Crippen molar-refractivity contribution in [3.05, 3.63) is 35.4 Å². The summed E-state index contributed by atoms with van der Waals surface area (Å²) in [6, 6.07) is 8.96. The smallest absolute Gasteiger partial charge is 0.00649 e. The van der Waals surface area contributed by atoms with Gasteiger partial charge in [0.2, 0.25) is 0 Å². The molecule has 0 aliphatic carbocycles. The van der Waals surface area contributed by atoms with Gasteiger partial charge in [0, 0.05) is 0 Å².